The van der Waals surface area contributed by atoms with Crippen molar-refractivity contribution in [2.75, 3.05) is 0 Å². The number of nitrogens with two attached hydrogens (primary N) is 1. The highest BCUT2D eigenvalue weighted by Crippen LogP contribution is 2.41. The number of rotatable bonds is 4. The van der Waals surface area contributed by atoms with Crippen LogP contribution in [-0.4, -0.2) is 14.5 Å². The minimum Gasteiger partial charge on any atom is -0.440 e. The Bertz CT molecular complexity index is 1320. The number of nitrogens with zero attached hydrogens (tertiary/aromatic N) is 4. The van der Waals surface area contributed by atoms with E-state index < -0.39 is 10.8 Å². The van der Waals surface area contributed by atoms with Gasteiger partial charge in [-0.15, -0.1) is 0 Å². The van der Waals surface area contributed by atoms with Crippen molar-refractivity contribution in [1.29, 1.82) is 5.26 Å². The molecule has 1 atom stereocenters. The highest BCUT2D eigenvalue weighted by molar-refractivity contribution is 5.56. The number of nitriles is 1. The van der Waals surface area contributed by atoms with Gasteiger partial charge in [0.2, 0.25) is 5.88 Å². The Labute approximate surface area is 176 Å². The number of hydrogen-bond acceptors (Lipinski definition) is 7. The first-order chi connectivity index (χ1) is 14.9. The monoisotopic (exact) mass is 415 g/mol. The second-order valence-corrected chi connectivity index (χ2v) is 7.09. The number of allylic oxidation sites excluding steroid dienone is 1. The molecule has 1 aliphatic heterocycles. The van der Waals surface area contributed by atoms with E-state index in [1.165, 1.54) is 18.2 Å². The van der Waals surface area contributed by atoms with Gasteiger partial charge in [-0.05, 0) is 24.1 Å². The van der Waals surface area contributed by atoms with Gasteiger partial charge in [0.25, 0.3) is 11.2 Å². The fourth-order valence-electron chi connectivity index (χ4n) is 3.71. The lowest BCUT2D eigenvalue weighted by Crippen LogP contribution is -2.33. The van der Waals surface area contributed by atoms with Crippen LogP contribution >= 0.6 is 0 Å². The highest BCUT2D eigenvalue weighted by atomic mass is 16.6. The molecule has 2 N–H and O–H groups in total. The third-order valence-electron chi connectivity index (χ3n) is 5.17. The van der Waals surface area contributed by atoms with Crippen LogP contribution in [0.25, 0.3) is 0 Å². The molecule has 1 aromatic carbocycles. The van der Waals surface area contributed by atoms with Gasteiger partial charge in [-0.3, -0.25) is 19.9 Å². The number of nitro groups is 1. The zero-order chi connectivity index (χ0) is 22.1. The summed E-state index contributed by atoms with van der Waals surface area (Å²) < 4.78 is 7.16. The smallest absolute Gasteiger partial charge is 0.269 e. The Morgan fingerprint density at radius 2 is 2.13 bits per heavy atom. The molecule has 0 spiro atoms. The SMILES string of the molecule is Cc1cc2c(c(=O)n1Cc1cccnc1)C(c1cccc([N+](=O)[O-])c1)C(C#N)=C(N)O2. The third kappa shape index (κ3) is 3.51. The van der Waals surface area contributed by atoms with Crippen molar-refractivity contribution in [1.82, 2.24) is 9.55 Å². The minimum absolute atomic E-state index is 0.0295. The van der Waals surface area contributed by atoms with E-state index in [2.05, 4.69) is 4.98 Å². The van der Waals surface area contributed by atoms with Gasteiger partial charge in [-0.25, -0.2) is 0 Å². The molecule has 1 unspecified atom stereocenters. The van der Waals surface area contributed by atoms with Gasteiger partial charge in [0.1, 0.15) is 17.4 Å². The molecule has 0 radical (unpaired) electrons. The summed E-state index contributed by atoms with van der Waals surface area (Å²) in [6.07, 6.45) is 3.31. The van der Waals surface area contributed by atoms with Crippen LogP contribution in [0.2, 0.25) is 0 Å². The van der Waals surface area contributed by atoms with Gasteiger partial charge < -0.3 is 15.0 Å². The molecule has 0 saturated carbocycles. The Morgan fingerprint density at radius 1 is 1.32 bits per heavy atom. The molecule has 0 bridgehead atoms. The molecule has 0 fully saturated rings. The summed E-state index contributed by atoms with van der Waals surface area (Å²) >= 11 is 0. The Hall–Kier alpha value is -4.45. The summed E-state index contributed by atoms with van der Waals surface area (Å²) in [5.74, 6) is -0.782. The van der Waals surface area contributed by atoms with Crippen LogP contribution in [0.3, 0.4) is 0 Å². The number of nitro benzene ring substituents is 1. The maximum Gasteiger partial charge on any atom is 0.269 e. The normalized spacial score (nSPS) is 15.0. The number of ether oxygens (including phenoxy) is 1. The fraction of sp³-hybridized carbons (Fsp3) is 0.136. The lowest BCUT2D eigenvalue weighted by atomic mass is 9.84. The topological polar surface area (TPSA) is 137 Å². The van der Waals surface area contributed by atoms with Gasteiger partial charge in [-0.2, -0.15) is 5.26 Å². The summed E-state index contributed by atoms with van der Waals surface area (Å²) in [5, 5.41) is 21.0. The van der Waals surface area contributed by atoms with Crippen molar-refractivity contribution in [2.24, 2.45) is 5.73 Å². The zero-order valence-corrected chi connectivity index (χ0v) is 16.5. The number of hydrogen-bond donors (Lipinski definition) is 1. The van der Waals surface area contributed by atoms with Gasteiger partial charge in [0, 0.05) is 36.3 Å². The fourth-order valence-corrected chi connectivity index (χ4v) is 3.71. The molecule has 154 valence electrons. The van der Waals surface area contributed by atoms with Crippen molar-refractivity contribution >= 4 is 5.69 Å². The van der Waals surface area contributed by atoms with Crippen LogP contribution in [0.15, 0.2) is 71.1 Å². The zero-order valence-electron chi connectivity index (χ0n) is 16.5. The first-order valence-electron chi connectivity index (χ1n) is 9.36. The van der Waals surface area contributed by atoms with Gasteiger partial charge in [0.05, 0.1) is 22.9 Å². The molecule has 3 heterocycles. The van der Waals surface area contributed by atoms with E-state index in [0.717, 1.165) is 5.56 Å². The Kier molecular flexibility index (Phi) is 4.97. The average molecular weight is 415 g/mol. The quantitative estimate of drug-likeness (QED) is 0.511. The predicted molar refractivity (Wildman–Crippen MR) is 111 cm³/mol. The molecule has 0 aliphatic carbocycles. The van der Waals surface area contributed by atoms with E-state index in [0.29, 0.717) is 11.3 Å². The van der Waals surface area contributed by atoms with Gasteiger partial charge >= 0.3 is 0 Å². The number of fused-ring (bicyclic) bond motifs is 1. The Balaban J connectivity index is 1.94. The van der Waals surface area contributed by atoms with E-state index in [-0.39, 0.29) is 40.6 Å². The molecule has 3 aromatic rings. The molecular weight excluding hydrogens is 398 g/mol. The first-order valence-corrected chi connectivity index (χ1v) is 9.36. The molecular formula is C22H17N5O4. The van der Waals surface area contributed by atoms with Crippen LogP contribution in [-0.2, 0) is 6.54 Å². The number of benzene rings is 1. The summed E-state index contributed by atoms with van der Waals surface area (Å²) in [6.45, 7) is 2.04. The summed E-state index contributed by atoms with van der Waals surface area (Å²) in [7, 11) is 0. The molecule has 1 aliphatic rings. The number of non-ortho nitro benzene ring substituents is 1. The second kappa shape index (κ2) is 7.76. The summed E-state index contributed by atoms with van der Waals surface area (Å²) in [4.78, 5) is 28.4. The van der Waals surface area contributed by atoms with Crippen molar-refractivity contribution < 1.29 is 9.66 Å². The van der Waals surface area contributed by atoms with Gasteiger partial charge in [0.15, 0.2) is 0 Å². The minimum atomic E-state index is -0.887. The van der Waals surface area contributed by atoms with Crippen molar-refractivity contribution in [3.05, 3.63) is 109 Å². The van der Waals surface area contributed by atoms with Crippen LogP contribution in [0.5, 0.6) is 5.75 Å². The highest BCUT2D eigenvalue weighted by Gasteiger charge is 2.35. The first kappa shape index (κ1) is 19.8. The van der Waals surface area contributed by atoms with Crippen LogP contribution in [0.1, 0.15) is 28.3 Å². The predicted octanol–water partition coefficient (Wildman–Crippen LogP) is 2.73. The molecule has 9 nitrogen and oxygen atoms in total. The van der Waals surface area contributed by atoms with Crippen molar-refractivity contribution in [2.45, 2.75) is 19.4 Å². The third-order valence-corrected chi connectivity index (χ3v) is 5.17. The molecule has 4 rings (SSSR count). The molecule has 2 aromatic heterocycles. The average Bonchev–Trinajstić information content (AvgIpc) is 2.76. The lowest BCUT2D eigenvalue weighted by Gasteiger charge is -2.27. The van der Waals surface area contributed by atoms with Crippen LogP contribution < -0.4 is 16.0 Å². The summed E-state index contributed by atoms with van der Waals surface area (Å²) in [5.41, 5.74) is 7.57. The Morgan fingerprint density at radius 3 is 2.81 bits per heavy atom. The van der Waals surface area contributed by atoms with Crippen molar-refractivity contribution in [3.63, 3.8) is 0 Å². The largest absolute Gasteiger partial charge is 0.440 e. The van der Waals surface area contributed by atoms with E-state index in [4.69, 9.17) is 10.5 Å². The molecule has 0 saturated heterocycles. The van der Waals surface area contributed by atoms with Crippen molar-refractivity contribution in [3.8, 4) is 11.8 Å². The van der Waals surface area contributed by atoms with Gasteiger partial charge in [-0.1, -0.05) is 18.2 Å². The van der Waals surface area contributed by atoms with E-state index >= 15 is 0 Å². The van der Waals surface area contributed by atoms with Crippen LogP contribution in [0.4, 0.5) is 5.69 Å². The molecule has 0 amide bonds. The summed E-state index contributed by atoms with van der Waals surface area (Å²) in [6, 6.07) is 13.1. The molecule has 31 heavy (non-hydrogen) atoms. The number of pyridine rings is 2. The number of aromatic nitrogens is 2. The van der Waals surface area contributed by atoms with E-state index in [9.17, 15) is 20.2 Å². The molecule has 9 heteroatoms. The van der Waals surface area contributed by atoms with Crippen LogP contribution in [0, 0.1) is 28.4 Å². The van der Waals surface area contributed by atoms with E-state index in [1.807, 2.05) is 12.1 Å². The lowest BCUT2D eigenvalue weighted by molar-refractivity contribution is -0.384. The number of aryl methyl sites for hydroxylation is 1. The maximum absolute atomic E-state index is 13.6. The van der Waals surface area contributed by atoms with E-state index in [1.54, 1.807) is 42.1 Å². The standard InChI is InChI=1S/C22H17N5O4/c1-13-8-18-20(22(28)26(13)12-14-4-3-7-25-11-14)19(17(10-23)21(24)31-18)15-5-2-6-16(9-15)27(29)30/h2-9,11,19H,12,24H2,1H3. The maximum atomic E-state index is 13.6. The second-order valence-electron chi connectivity index (χ2n) is 7.09.